The van der Waals surface area contributed by atoms with E-state index in [-0.39, 0.29) is 0 Å². The topological polar surface area (TPSA) is 56.0 Å². The summed E-state index contributed by atoms with van der Waals surface area (Å²) in [6.45, 7) is 0. The van der Waals surface area contributed by atoms with Gasteiger partial charge in [0.25, 0.3) is 0 Å². The van der Waals surface area contributed by atoms with Crippen LogP contribution in [0, 0.1) is 0 Å². The molecule has 0 radical (unpaired) electrons. The normalized spacial score (nSPS) is 10.4. The Morgan fingerprint density at radius 2 is 1.75 bits per heavy atom. The molecule has 0 aliphatic rings. The summed E-state index contributed by atoms with van der Waals surface area (Å²) in [5.41, 5.74) is 8.73. The number of nitrogens with zero attached hydrogens (tertiary/aromatic N) is 1. The van der Waals surface area contributed by atoms with Crippen LogP contribution in [0.4, 0.5) is 0 Å². The molecule has 1 aromatic heterocycles. The summed E-state index contributed by atoms with van der Waals surface area (Å²) in [7, 11) is 0. The SMILES string of the molecule is NC(=O)c1cccc(-c2nc(-c3ccccc3)cs2)c1. The summed E-state index contributed by atoms with van der Waals surface area (Å²) < 4.78 is 0. The van der Waals surface area contributed by atoms with E-state index in [4.69, 9.17) is 5.73 Å². The second-order valence-electron chi connectivity index (χ2n) is 4.35. The average molecular weight is 280 g/mol. The Morgan fingerprint density at radius 3 is 2.50 bits per heavy atom. The van der Waals surface area contributed by atoms with Gasteiger partial charge in [0.15, 0.2) is 0 Å². The molecule has 0 fully saturated rings. The Hall–Kier alpha value is -2.46. The van der Waals surface area contributed by atoms with Gasteiger partial charge in [-0.15, -0.1) is 11.3 Å². The Balaban J connectivity index is 1.98. The fourth-order valence-electron chi connectivity index (χ4n) is 1.95. The van der Waals surface area contributed by atoms with E-state index in [0.29, 0.717) is 5.56 Å². The van der Waals surface area contributed by atoms with Crippen molar-refractivity contribution in [3.63, 3.8) is 0 Å². The number of primary amides is 1. The van der Waals surface area contributed by atoms with Crippen LogP contribution in [0.25, 0.3) is 21.8 Å². The van der Waals surface area contributed by atoms with E-state index in [0.717, 1.165) is 21.8 Å². The molecular formula is C16H12N2OS. The zero-order valence-electron chi connectivity index (χ0n) is 10.6. The summed E-state index contributed by atoms with van der Waals surface area (Å²) in [5.74, 6) is -0.424. The standard InChI is InChI=1S/C16H12N2OS/c17-15(19)12-7-4-8-13(9-12)16-18-14(10-20-16)11-5-2-1-3-6-11/h1-10H,(H2,17,19). The van der Waals surface area contributed by atoms with Crippen LogP contribution in [-0.2, 0) is 0 Å². The molecule has 0 saturated heterocycles. The van der Waals surface area contributed by atoms with Crippen molar-refractivity contribution >= 4 is 17.2 Å². The zero-order chi connectivity index (χ0) is 13.9. The van der Waals surface area contributed by atoms with E-state index in [1.165, 1.54) is 0 Å². The van der Waals surface area contributed by atoms with Gasteiger partial charge in [-0.25, -0.2) is 4.98 Å². The lowest BCUT2D eigenvalue weighted by molar-refractivity contribution is 0.100. The molecule has 0 aliphatic heterocycles. The van der Waals surface area contributed by atoms with Gasteiger partial charge >= 0.3 is 0 Å². The van der Waals surface area contributed by atoms with Crippen molar-refractivity contribution in [3.05, 3.63) is 65.5 Å². The summed E-state index contributed by atoms with van der Waals surface area (Å²) in [5, 5.41) is 2.90. The van der Waals surface area contributed by atoms with Crippen molar-refractivity contribution < 1.29 is 4.79 Å². The van der Waals surface area contributed by atoms with E-state index >= 15 is 0 Å². The first-order valence-corrected chi connectivity index (χ1v) is 7.03. The lowest BCUT2D eigenvalue weighted by atomic mass is 10.1. The molecule has 0 spiro atoms. The van der Waals surface area contributed by atoms with Crippen LogP contribution in [0.1, 0.15) is 10.4 Å². The van der Waals surface area contributed by atoms with Crippen LogP contribution in [0.15, 0.2) is 60.0 Å². The van der Waals surface area contributed by atoms with Crippen LogP contribution in [0.3, 0.4) is 0 Å². The second kappa shape index (κ2) is 5.27. The highest BCUT2D eigenvalue weighted by Crippen LogP contribution is 2.29. The largest absolute Gasteiger partial charge is 0.366 e. The molecular weight excluding hydrogens is 268 g/mol. The number of aromatic nitrogens is 1. The number of carbonyl (C=O) groups is 1. The third kappa shape index (κ3) is 2.46. The van der Waals surface area contributed by atoms with Gasteiger partial charge in [0.05, 0.1) is 5.69 Å². The molecule has 0 unspecified atom stereocenters. The molecule has 3 nitrogen and oxygen atoms in total. The smallest absolute Gasteiger partial charge is 0.248 e. The third-order valence-electron chi connectivity index (χ3n) is 2.97. The van der Waals surface area contributed by atoms with Crippen LogP contribution in [0.5, 0.6) is 0 Å². The molecule has 98 valence electrons. The second-order valence-corrected chi connectivity index (χ2v) is 5.21. The van der Waals surface area contributed by atoms with Gasteiger partial charge in [-0.1, -0.05) is 42.5 Å². The minimum atomic E-state index is -0.424. The van der Waals surface area contributed by atoms with Gasteiger partial charge in [-0.2, -0.15) is 0 Å². The van der Waals surface area contributed by atoms with Gasteiger partial charge in [0.2, 0.25) is 5.91 Å². The predicted octanol–water partition coefficient (Wildman–Crippen LogP) is 3.58. The molecule has 2 N–H and O–H groups in total. The van der Waals surface area contributed by atoms with Gasteiger partial charge in [-0.3, -0.25) is 4.79 Å². The van der Waals surface area contributed by atoms with Crippen molar-refractivity contribution in [1.82, 2.24) is 4.98 Å². The van der Waals surface area contributed by atoms with E-state index < -0.39 is 5.91 Å². The number of nitrogens with two attached hydrogens (primary N) is 1. The first-order chi connectivity index (χ1) is 9.74. The number of thiazole rings is 1. The van der Waals surface area contributed by atoms with Crippen molar-refractivity contribution in [2.45, 2.75) is 0 Å². The van der Waals surface area contributed by atoms with E-state index in [1.807, 2.05) is 47.8 Å². The molecule has 20 heavy (non-hydrogen) atoms. The fourth-order valence-corrected chi connectivity index (χ4v) is 2.78. The zero-order valence-corrected chi connectivity index (χ0v) is 11.4. The lowest BCUT2D eigenvalue weighted by Crippen LogP contribution is -2.10. The molecule has 3 rings (SSSR count). The quantitative estimate of drug-likeness (QED) is 0.797. The first kappa shape index (κ1) is 12.6. The van der Waals surface area contributed by atoms with E-state index in [2.05, 4.69) is 4.98 Å². The number of hydrogen-bond acceptors (Lipinski definition) is 3. The van der Waals surface area contributed by atoms with Crippen molar-refractivity contribution in [2.24, 2.45) is 5.73 Å². The molecule has 3 aromatic rings. The predicted molar refractivity (Wildman–Crippen MR) is 81.5 cm³/mol. The maximum absolute atomic E-state index is 11.2. The van der Waals surface area contributed by atoms with E-state index in [1.54, 1.807) is 23.5 Å². The van der Waals surface area contributed by atoms with Crippen molar-refractivity contribution in [1.29, 1.82) is 0 Å². The number of benzene rings is 2. The number of rotatable bonds is 3. The molecule has 0 atom stereocenters. The molecule has 1 amide bonds. The Bertz CT molecular complexity index is 750. The number of carbonyl (C=O) groups excluding carboxylic acids is 1. The molecule has 0 aliphatic carbocycles. The highest BCUT2D eigenvalue weighted by Gasteiger charge is 2.08. The molecule has 0 bridgehead atoms. The van der Waals surface area contributed by atoms with Crippen molar-refractivity contribution in [2.75, 3.05) is 0 Å². The minimum absolute atomic E-state index is 0.424. The summed E-state index contributed by atoms with van der Waals surface area (Å²) in [4.78, 5) is 15.8. The van der Waals surface area contributed by atoms with E-state index in [9.17, 15) is 4.79 Å². The van der Waals surface area contributed by atoms with Crippen LogP contribution >= 0.6 is 11.3 Å². The van der Waals surface area contributed by atoms with Gasteiger partial charge in [0, 0.05) is 22.1 Å². The van der Waals surface area contributed by atoms with Gasteiger partial charge in [0.1, 0.15) is 5.01 Å². The molecule has 2 aromatic carbocycles. The Kier molecular flexibility index (Phi) is 3.31. The maximum Gasteiger partial charge on any atom is 0.248 e. The maximum atomic E-state index is 11.2. The summed E-state index contributed by atoms with van der Waals surface area (Å²) >= 11 is 1.55. The first-order valence-electron chi connectivity index (χ1n) is 6.15. The minimum Gasteiger partial charge on any atom is -0.366 e. The molecule has 0 saturated carbocycles. The summed E-state index contributed by atoms with van der Waals surface area (Å²) in [6.07, 6.45) is 0. The lowest BCUT2D eigenvalue weighted by Gasteiger charge is -1.99. The van der Waals surface area contributed by atoms with Crippen molar-refractivity contribution in [3.8, 4) is 21.8 Å². The Morgan fingerprint density at radius 1 is 1.00 bits per heavy atom. The van der Waals surface area contributed by atoms with Gasteiger partial charge in [-0.05, 0) is 12.1 Å². The Labute approximate surface area is 120 Å². The van der Waals surface area contributed by atoms with Crippen LogP contribution in [-0.4, -0.2) is 10.9 Å². The highest BCUT2D eigenvalue weighted by molar-refractivity contribution is 7.13. The molecule has 4 heteroatoms. The molecule has 1 heterocycles. The average Bonchev–Trinajstić information content (AvgIpc) is 2.98. The highest BCUT2D eigenvalue weighted by atomic mass is 32.1. The van der Waals surface area contributed by atoms with Gasteiger partial charge < -0.3 is 5.73 Å². The number of amides is 1. The fraction of sp³-hybridized carbons (Fsp3) is 0. The van der Waals surface area contributed by atoms with Crippen LogP contribution < -0.4 is 5.73 Å². The summed E-state index contributed by atoms with van der Waals surface area (Å²) in [6, 6.07) is 17.2. The third-order valence-corrected chi connectivity index (χ3v) is 3.86. The number of hydrogen-bond donors (Lipinski definition) is 1. The monoisotopic (exact) mass is 280 g/mol. The van der Waals surface area contributed by atoms with Crippen LogP contribution in [0.2, 0.25) is 0 Å².